The van der Waals surface area contributed by atoms with Crippen molar-refractivity contribution < 1.29 is 9.84 Å². The van der Waals surface area contributed by atoms with Gasteiger partial charge in [-0.3, -0.25) is 4.90 Å². The van der Waals surface area contributed by atoms with Crippen LogP contribution in [0, 0.1) is 5.92 Å². The average Bonchev–Trinajstić information content (AvgIpc) is 3.28. The molecule has 0 spiro atoms. The number of methoxy groups -OCH3 is 1. The van der Waals surface area contributed by atoms with Crippen molar-refractivity contribution in [3.05, 3.63) is 22.7 Å². The second-order valence-corrected chi connectivity index (χ2v) is 6.03. The molecular weight excluding hydrogens is 276 g/mol. The maximum absolute atomic E-state index is 9.89. The van der Waals surface area contributed by atoms with Crippen molar-refractivity contribution in [3.8, 4) is 11.5 Å². The summed E-state index contributed by atoms with van der Waals surface area (Å²) in [5.41, 5.74) is 1.16. The fourth-order valence-electron chi connectivity index (χ4n) is 3.07. The van der Waals surface area contributed by atoms with Gasteiger partial charge in [-0.1, -0.05) is 11.6 Å². The summed E-state index contributed by atoms with van der Waals surface area (Å²) >= 11 is 6.14. The first-order chi connectivity index (χ1) is 9.70. The van der Waals surface area contributed by atoms with Gasteiger partial charge >= 0.3 is 0 Å². The molecule has 1 saturated carbocycles. The predicted octanol–water partition coefficient (Wildman–Crippen LogP) is 2.41. The topological polar surface area (TPSA) is 44.7 Å². The molecule has 4 nitrogen and oxygen atoms in total. The number of hydrogen-bond donors (Lipinski definition) is 2. The van der Waals surface area contributed by atoms with E-state index < -0.39 is 0 Å². The highest BCUT2D eigenvalue weighted by Gasteiger charge is 2.37. The van der Waals surface area contributed by atoms with Crippen LogP contribution in [0.15, 0.2) is 12.1 Å². The molecule has 0 aromatic heterocycles. The summed E-state index contributed by atoms with van der Waals surface area (Å²) in [5, 5.41) is 13.7. The Bertz CT molecular complexity index is 485. The SMILES string of the molecule is COc1cc([C@H](C2CC2)N2CCNCC2)cc(Cl)c1O. The number of piperazine rings is 1. The molecule has 1 saturated heterocycles. The van der Waals surface area contributed by atoms with Crippen molar-refractivity contribution in [1.82, 2.24) is 10.2 Å². The molecule has 20 heavy (non-hydrogen) atoms. The van der Waals surface area contributed by atoms with Gasteiger partial charge in [0, 0.05) is 32.2 Å². The molecule has 110 valence electrons. The van der Waals surface area contributed by atoms with Crippen LogP contribution in [0.4, 0.5) is 0 Å². The number of benzene rings is 1. The molecule has 1 heterocycles. The lowest BCUT2D eigenvalue weighted by atomic mass is 9.99. The summed E-state index contributed by atoms with van der Waals surface area (Å²) in [4.78, 5) is 2.52. The first-order valence-corrected chi connectivity index (χ1v) is 7.59. The van der Waals surface area contributed by atoms with Crippen molar-refractivity contribution in [2.24, 2.45) is 5.92 Å². The summed E-state index contributed by atoms with van der Waals surface area (Å²) < 4.78 is 5.24. The standard InChI is InChI=1S/C15H21ClN2O2/c1-20-13-9-11(8-12(16)15(13)19)14(10-2-3-10)18-6-4-17-5-7-18/h8-10,14,17,19H,2-7H2,1H3/t14-/m0/s1. The van der Waals surface area contributed by atoms with Crippen LogP contribution in [0.1, 0.15) is 24.4 Å². The second kappa shape index (κ2) is 5.80. The normalized spacial score (nSPS) is 21.7. The predicted molar refractivity (Wildman–Crippen MR) is 79.6 cm³/mol. The Hall–Kier alpha value is -0.970. The summed E-state index contributed by atoms with van der Waals surface area (Å²) in [5.74, 6) is 1.21. The van der Waals surface area contributed by atoms with Gasteiger partial charge in [-0.25, -0.2) is 0 Å². The van der Waals surface area contributed by atoms with Crippen LogP contribution in [-0.2, 0) is 0 Å². The molecule has 0 radical (unpaired) electrons. The zero-order chi connectivity index (χ0) is 14.1. The van der Waals surface area contributed by atoms with E-state index in [1.54, 1.807) is 7.11 Å². The molecule has 2 fully saturated rings. The van der Waals surface area contributed by atoms with Crippen molar-refractivity contribution in [2.45, 2.75) is 18.9 Å². The van der Waals surface area contributed by atoms with E-state index in [0.717, 1.165) is 31.7 Å². The zero-order valence-corrected chi connectivity index (χ0v) is 12.5. The molecule has 1 atom stereocenters. The van der Waals surface area contributed by atoms with E-state index >= 15 is 0 Å². The Balaban J connectivity index is 1.92. The van der Waals surface area contributed by atoms with Crippen molar-refractivity contribution in [1.29, 1.82) is 0 Å². The van der Waals surface area contributed by atoms with E-state index in [1.165, 1.54) is 12.8 Å². The van der Waals surface area contributed by atoms with Crippen LogP contribution in [0.25, 0.3) is 0 Å². The van der Waals surface area contributed by atoms with Crippen molar-refractivity contribution in [2.75, 3.05) is 33.3 Å². The largest absolute Gasteiger partial charge is 0.503 e. The number of phenolic OH excluding ortho intramolecular Hbond substituents is 1. The van der Waals surface area contributed by atoms with E-state index in [2.05, 4.69) is 10.2 Å². The quantitative estimate of drug-likeness (QED) is 0.896. The van der Waals surface area contributed by atoms with Gasteiger partial charge in [-0.15, -0.1) is 0 Å². The zero-order valence-electron chi connectivity index (χ0n) is 11.7. The van der Waals surface area contributed by atoms with Gasteiger partial charge in [0.25, 0.3) is 0 Å². The van der Waals surface area contributed by atoms with E-state index in [4.69, 9.17) is 16.3 Å². The summed E-state index contributed by atoms with van der Waals surface area (Å²) in [6.07, 6.45) is 2.55. The molecule has 1 aromatic rings. The van der Waals surface area contributed by atoms with Crippen LogP contribution >= 0.6 is 11.6 Å². The number of nitrogens with one attached hydrogen (secondary N) is 1. The molecule has 1 aliphatic carbocycles. The third-order valence-corrected chi connectivity index (χ3v) is 4.51. The third-order valence-electron chi connectivity index (χ3n) is 4.23. The van der Waals surface area contributed by atoms with Gasteiger partial charge in [-0.2, -0.15) is 0 Å². The van der Waals surface area contributed by atoms with E-state index in [0.29, 0.717) is 22.7 Å². The van der Waals surface area contributed by atoms with E-state index in [1.807, 2.05) is 12.1 Å². The fraction of sp³-hybridized carbons (Fsp3) is 0.600. The Morgan fingerprint density at radius 1 is 1.35 bits per heavy atom. The highest BCUT2D eigenvalue weighted by Crippen LogP contribution is 2.47. The van der Waals surface area contributed by atoms with Gasteiger partial charge in [0.1, 0.15) is 0 Å². The summed E-state index contributed by atoms with van der Waals surface area (Å²) in [7, 11) is 1.56. The van der Waals surface area contributed by atoms with Gasteiger partial charge < -0.3 is 15.2 Å². The minimum atomic E-state index is 0.0350. The maximum atomic E-state index is 9.89. The molecule has 2 aliphatic rings. The Kier molecular flexibility index (Phi) is 4.06. The molecule has 5 heteroatoms. The molecule has 1 aromatic carbocycles. The van der Waals surface area contributed by atoms with Gasteiger partial charge in [-0.05, 0) is 36.5 Å². The molecule has 0 unspecified atom stereocenters. The molecule has 0 bridgehead atoms. The number of phenols is 1. The first-order valence-electron chi connectivity index (χ1n) is 7.22. The lowest BCUT2D eigenvalue weighted by molar-refractivity contribution is 0.156. The maximum Gasteiger partial charge on any atom is 0.176 e. The van der Waals surface area contributed by atoms with Crippen LogP contribution < -0.4 is 10.1 Å². The molecule has 2 N–H and O–H groups in total. The van der Waals surface area contributed by atoms with E-state index in [-0.39, 0.29) is 5.75 Å². The fourth-order valence-corrected chi connectivity index (χ4v) is 3.29. The molecule has 0 amide bonds. The van der Waals surface area contributed by atoms with Crippen LogP contribution in [-0.4, -0.2) is 43.3 Å². The Morgan fingerprint density at radius 2 is 2.05 bits per heavy atom. The van der Waals surface area contributed by atoms with Crippen LogP contribution in [0.3, 0.4) is 0 Å². The Labute approximate surface area is 124 Å². The minimum Gasteiger partial charge on any atom is -0.503 e. The lowest BCUT2D eigenvalue weighted by Gasteiger charge is -2.35. The number of aromatic hydroxyl groups is 1. The number of halogens is 1. The number of rotatable bonds is 4. The number of ether oxygens (including phenoxy) is 1. The highest BCUT2D eigenvalue weighted by atomic mass is 35.5. The van der Waals surface area contributed by atoms with E-state index in [9.17, 15) is 5.11 Å². The van der Waals surface area contributed by atoms with Crippen LogP contribution in [0.2, 0.25) is 5.02 Å². The smallest absolute Gasteiger partial charge is 0.176 e. The number of hydrogen-bond acceptors (Lipinski definition) is 4. The van der Waals surface area contributed by atoms with Gasteiger partial charge in [0.2, 0.25) is 0 Å². The molecular formula is C15H21ClN2O2. The van der Waals surface area contributed by atoms with Crippen molar-refractivity contribution in [3.63, 3.8) is 0 Å². The highest BCUT2D eigenvalue weighted by molar-refractivity contribution is 6.32. The monoisotopic (exact) mass is 296 g/mol. The third kappa shape index (κ3) is 2.73. The average molecular weight is 297 g/mol. The summed E-state index contributed by atoms with van der Waals surface area (Å²) in [6.45, 7) is 4.18. The molecule has 1 aliphatic heterocycles. The first kappa shape index (κ1) is 14.0. The number of nitrogens with zero attached hydrogens (tertiary/aromatic N) is 1. The molecule has 3 rings (SSSR count). The van der Waals surface area contributed by atoms with Gasteiger partial charge in [0.05, 0.1) is 12.1 Å². The second-order valence-electron chi connectivity index (χ2n) is 5.62. The lowest BCUT2D eigenvalue weighted by Crippen LogP contribution is -2.45. The minimum absolute atomic E-state index is 0.0350. The van der Waals surface area contributed by atoms with Crippen LogP contribution in [0.5, 0.6) is 11.5 Å². The van der Waals surface area contributed by atoms with Gasteiger partial charge in [0.15, 0.2) is 11.5 Å². The Morgan fingerprint density at radius 3 is 2.65 bits per heavy atom. The van der Waals surface area contributed by atoms with Crippen molar-refractivity contribution >= 4 is 11.6 Å². The summed E-state index contributed by atoms with van der Waals surface area (Å²) in [6, 6.07) is 4.22.